The second kappa shape index (κ2) is 14.5. The Kier molecular flexibility index (Phi) is 11.6. The molecular formula is C33H43ClN4O5S. The second-order valence-electron chi connectivity index (χ2n) is 12.2. The van der Waals surface area contributed by atoms with Gasteiger partial charge in [-0.1, -0.05) is 35.9 Å². The maximum atomic E-state index is 14.3. The first kappa shape index (κ1) is 35.0. The van der Waals surface area contributed by atoms with Gasteiger partial charge in [-0.2, -0.15) is 4.31 Å². The van der Waals surface area contributed by atoms with Gasteiger partial charge in [-0.05, 0) is 107 Å². The third-order valence-corrected chi connectivity index (χ3v) is 9.82. The fraction of sp³-hybridized carbons (Fsp3) is 0.424. The van der Waals surface area contributed by atoms with Gasteiger partial charge in [0.05, 0.1) is 10.4 Å². The lowest BCUT2D eigenvalue weighted by atomic mass is 9.90. The number of halogens is 1. The summed E-state index contributed by atoms with van der Waals surface area (Å²) in [7, 11) is -4.04. The van der Waals surface area contributed by atoms with Crippen LogP contribution in [0.3, 0.4) is 0 Å². The highest BCUT2D eigenvalue weighted by molar-refractivity contribution is 7.89. The van der Waals surface area contributed by atoms with Gasteiger partial charge in [-0.25, -0.2) is 13.2 Å². The van der Waals surface area contributed by atoms with Crippen molar-refractivity contribution in [1.29, 1.82) is 0 Å². The van der Waals surface area contributed by atoms with E-state index in [9.17, 15) is 18.0 Å². The Morgan fingerprint density at radius 2 is 1.66 bits per heavy atom. The lowest BCUT2D eigenvalue weighted by molar-refractivity contribution is -0.121. The maximum absolute atomic E-state index is 14.3. The Bertz CT molecular complexity index is 1580. The quantitative estimate of drug-likeness (QED) is 0.222. The fourth-order valence-electron chi connectivity index (χ4n) is 4.85. The number of aryl methyl sites for hydroxylation is 1. The molecule has 2 amide bonds. The summed E-state index contributed by atoms with van der Waals surface area (Å²) in [6.07, 6.45) is 3.34. The molecule has 2 N–H and O–H groups in total. The van der Waals surface area contributed by atoms with E-state index >= 15 is 0 Å². The molecule has 3 rings (SSSR count). The summed E-state index contributed by atoms with van der Waals surface area (Å²) in [6.45, 7) is 13.2. The van der Waals surface area contributed by atoms with Gasteiger partial charge in [-0.3, -0.25) is 9.78 Å². The Labute approximate surface area is 266 Å². The summed E-state index contributed by atoms with van der Waals surface area (Å²) in [5.41, 5.74) is 2.63. The summed E-state index contributed by atoms with van der Waals surface area (Å²) < 4.78 is 35.2. The number of alkyl carbamates (subject to hydrolysis) is 1. The van der Waals surface area contributed by atoms with E-state index in [1.807, 2.05) is 51.1 Å². The molecule has 0 aliphatic heterocycles. The van der Waals surface area contributed by atoms with Crippen LogP contribution in [0.1, 0.15) is 64.2 Å². The highest BCUT2D eigenvalue weighted by Gasteiger charge is 2.39. The van der Waals surface area contributed by atoms with Crippen LogP contribution in [0.25, 0.3) is 11.1 Å². The number of aromatic nitrogens is 1. The summed E-state index contributed by atoms with van der Waals surface area (Å²) in [6, 6.07) is 14.6. The van der Waals surface area contributed by atoms with Gasteiger partial charge in [0.1, 0.15) is 5.60 Å². The molecule has 0 bridgehead atoms. The number of nitrogens with zero attached hydrogens (tertiary/aromatic N) is 2. The van der Waals surface area contributed by atoms with E-state index in [0.29, 0.717) is 10.6 Å². The molecule has 2 aromatic carbocycles. The standard InChI is InChI=1S/C33H43ClN4O5S/c1-23-22-35-17-16-27(23)25-11-8-12-26(21-25)33(6,7)38(44(41,42)29-14-9-13-28(34)24(29)2)20-10-15-30(39)36-18-19-37-31(40)43-32(3,4)5/h8-9,11-14,16-17,21-22H,10,15,18-20H2,1-7H3,(H,36,39)(H,37,40). The smallest absolute Gasteiger partial charge is 0.407 e. The highest BCUT2D eigenvalue weighted by atomic mass is 35.5. The van der Waals surface area contributed by atoms with Gasteiger partial charge in [0.15, 0.2) is 0 Å². The van der Waals surface area contributed by atoms with Crippen LogP contribution in [0, 0.1) is 13.8 Å². The van der Waals surface area contributed by atoms with E-state index in [4.69, 9.17) is 16.3 Å². The average Bonchev–Trinajstić information content (AvgIpc) is 2.94. The lowest BCUT2D eigenvalue weighted by Crippen LogP contribution is -2.46. The van der Waals surface area contributed by atoms with Crippen molar-refractivity contribution in [3.05, 3.63) is 82.6 Å². The van der Waals surface area contributed by atoms with Crippen molar-refractivity contribution in [3.8, 4) is 11.1 Å². The monoisotopic (exact) mass is 642 g/mol. The molecule has 0 radical (unpaired) electrons. The van der Waals surface area contributed by atoms with Crippen LogP contribution < -0.4 is 10.6 Å². The third kappa shape index (κ3) is 9.03. The number of carbonyl (C=O) groups excluding carboxylic acids is 2. The Hall–Kier alpha value is -3.47. The van der Waals surface area contributed by atoms with Gasteiger partial charge in [0.25, 0.3) is 0 Å². The molecule has 1 heterocycles. The van der Waals surface area contributed by atoms with Crippen LogP contribution in [0.4, 0.5) is 4.79 Å². The Morgan fingerprint density at radius 1 is 0.977 bits per heavy atom. The van der Waals surface area contributed by atoms with Crippen molar-refractivity contribution in [1.82, 2.24) is 19.9 Å². The van der Waals surface area contributed by atoms with Crippen molar-refractivity contribution in [3.63, 3.8) is 0 Å². The predicted octanol–water partition coefficient (Wildman–Crippen LogP) is 6.37. The summed E-state index contributed by atoms with van der Waals surface area (Å²) in [4.78, 5) is 28.7. The number of carbonyl (C=O) groups is 2. The molecular weight excluding hydrogens is 600 g/mol. The molecule has 0 spiro atoms. The van der Waals surface area contributed by atoms with E-state index in [1.54, 1.807) is 58.3 Å². The largest absolute Gasteiger partial charge is 0.444 e. The highest BCUT2D eigenvalue weighted by Crippen LogP contribution is 2.37. The van der Waals surface area contributed by atoms with E-state index in [0.717, 1.165) is 22.3 Å². The van der Waals surface area contributed by atoms with Gasteiger partial charge in [0, 0.05) is 43.5 Å². The first-order chi connectivity index (χ1) is 20.5. The molecule has 0 unspecified atom stereocenters. The first-order valence-corrected chi connectivity index (χ1v) is 16.4. The number of amides is 2. The number of hydrogen-bond acceptors (Lipinski definition) is 6. The number of nitrogens with one attached hydrogen (secondary N) is 2. The molecule has 0 saturated heterocycles. The normalized spacial score (nSPS) is 12.2. The van der Waals surface area contributed by atoms with Crippen LogP contribution in [0.2, 0.25) is 5.02 Å². The molecule has 0 saturated carbocycles. The van der Waals surface area contributed by atoms with Crippen LogP contribution in [-0.4, -0.2) is 54.9 Å². The van der Waals surface area contributed by atoms with Gasteiger partial charge in [-0.15, -0.1) is 0 Å². The first-order valence-electron chi connectivity index (χ1n) is 14.6. The molecule has 44 heavy (non-hydrogen) atoms. The number of ether oxygens (including phenoxy) is 1. The molecule has 0 fully saturated rings. The van der Waals surface area contributed by atoms with E-state index in [-0.39, 0.29) is 43.3 Å². The SMILES string of the molecule is Cc1cnccc1-c1cccc(C(C)(C)N(CCCC(=O)NCCNC(=O)OC(C)(C)C)S(=O)(=O)c2cccc(Cl)c2C)c1. The van der Waals surface area contributed by atoms with Gasteiger partial charge in [0.2, 0.25) is 15.9 Å². The van der Waals surface area contributed by atoms with E-state index in [1.165, 1.54) is 4.31 Å². The minimum Gasteiger partial charge on any atom is -0.444 e. The van der Waals surface area contributed by atoms with Crippen LogP contribution in [-0.2, 0) is 25.1 Å². The van der Waals surface area contributed by atoms with E-state index in [2.05, 4.69) is 15.6 Å². The minimum absolute atomic E-state index is 0.0867. The molecule has 0 atom stereocenters. The van der Waals surface area contributed by atoms with Gasteiger partial charge >= 0.3 is 6.09 Å². The molecule has 1 aromatic heterocycles. The Morgan fingerprint density at radius 3 is 2.34 bits per heavy atom. The van der Waals surface area contributed by atoms with Crippen LogP contribution in [0.15, 0.2) is 65.8 Å². The third-order valence-electron chi connectivity index (χ3n) is 7.19. The number of hydrogen-bond donors (Lipinski definition) is 2. The zero-order valence-electron chi connectivity index (χ0n) is 26.5. The van der Waals surface area contributed by atoms with Gasteiger partial charge < -0.3 is 15.4 Å². The van der Waals surface area contributed by atoms with Crippen molar-refractivity contribution >= 4 is 33.6 Å². The number of rotatable bonds is 12. The topological polar surface area (TPSA) is 118 Å². The lowest BCUT2D eigenvalue weighted by Gasteiger charge is -2.38. The number of pyridine rings is 1. The maximum Gasteiger partial charge on any atom is 0.407 e. The number of benzene rings is 2. The van der Waals surface area contributed by atoms with Crippen molar-refractivity contribution in [2.75, 3.05) is 19.6 Å². The van der Waals surface area contributed by atoms with Crippen molar-refractivity contribution < 1.29 is 22.7 Å². The summed E-state index contributed by atoms with van der Waals surface area (Å²) in [5, 5.41) is 5.72. The molecule has 3 aromatic rings. The molecule has 9 nitrogen and oxygen atoms in total. The fourth-order valence-corrected chi connectivity index (χ4v) is 7.14. The average molecular weight is 643 g/mol. The Balaban J connectivity index is 1.82. The summed E-state index contributed by atoms with van der Waals surface area (Å²) in [5.74, 6) is -0.250. The summed E-state index contributed by atoms with van der Waals surface area (Å²) >= 11 is 6.34. The molecule has 0 aliphatic carbocycles. The predicted molar refractivity (Wildman–Crippen MR) is 174 cm³/mol. The number of sulfonamides is 1. The van der Waals surface area contributed by atoms with E-state index < -0.39 is 27.3 Å². The zero-order chi connectivity index (χ0) is 32.7. The van der Waals surface area contributed by atoms with Crippen molar-refractivity contribution in [2.24, 2.45) is 0 Å². The van der Waals surface area contributed by atoms with Crippen molar-refractivity contribution in [2.45, 2.75) is 77.3 Å². The zero-order valence-corrected chi connectivity index (χ0v) is 28.1. The molecule has 0 aliphatic rings. The molecule has 238 valence electrons. The second-order valence-corrected chi connectivity index (χ2v) is 14.4. The minimum atomic E-state index is -4.04. The van der Waals surface area contributed by atoms with Crippen LogP contribution in [0.5, 0.6) is 0 Å². The van der Waals surface area contributed by atoms with Crippen LogP contribution >= 0.6 is 11.6 Å². The molecule has 11 heteroatoms.